The van der Waals surface area contributed by atoms with Gasteiger partial charge in [-0.2, -0.15) is 0 Å². The van der Waals surface area contributed by atoms with Crippen LogP contribution in [-0.4, -0.2) is 33.8 Å². The first-order valence-electron chi connectivity index (χ1n) is 8.61. The molecule has 1 aromatic carbocycles. The Kier molecular flexibility index (Phi) is 6.87. The molecule has 0 atom stereocenters. The zero-order valence-corrected chi connectivity index (χ0v) is 18.0. The first-order valence-corrected chi connectivity index (χ1v) is 11.3. The molecule has 0 saturated carbocycles. The van der Waals surface area contributed by atoms with Gasteiger partial charge in [-0.1, -0.05) is 55.1 Å². The first kappa shape index (κ1) is 19.9. The van der Waals surface area contributed by atoms with Crippen LogP contribution in [0.1, 0.15) is 30.2 Å². The van der Waals surface area contributed by atoms with E-state index >= 15 is 0 Å². The van der Waals surface area contributed by atoms with E-state index in [0.717, 1.165) is 15.2 Å². The largest absolute Gasteiger partial charge is 0.340 e. The van der Waals surface area contributed by atoms with Gasteiger partial charge in [0.2, 0.25) is 11.0 Å². The zero-order chi connectivity index (χ0) is 19.2. The van der Waals surface area contributed by atoms with Gasteiger partial charge < -0.3 is 10.2 Å². The van der Waals surface area contributed by atoms with E-state index in [2.05, 4.69) is 41.5 Å². The number of rotatable bonds is 8. The molecule has 0 radical (unpaired) electrons. The Morgan fingerprint density at radius 3 is 2.67 bits per heavy atom. The normalized spacial score (nSPS) is 11.0. The number of thiophene rings is 1. The summed E-state index contributed by atoms with van der Waals surface area (Å²) in [6, 6.07) is 12.4. The minimum Gasteiger partial charge on any atom is -0.340 e. The fourth-order valence-electron chi connectivity index (χ4n) is 2.35. The number of carbonyl (C=O) groups excluding carboxylic acids is 1. The van der Waals surface area contributed by atoms with Gasteiger partial charge in [0.25, 0.3) is 0 Å². The van der Waals surface area contributed by atoms with E-state index in [4.69, 9.17) is 0 Å². The number of aromatic nitrogens is 2. The van der Waals surface area contributed by atoms with Crippen molar-refractivity contribution in [3.8, 4) is 0 Å². The molecule has 3 aromatic rings. The minimum absolute atomic E-state index is 0.0855. The number of benzene rings is 1. The highest BCUT2D eigenvalue weighted by atomic mass is 32.2. The Morgan fingerprint density at radius 1 is 1.22 bits per heavy atom. The summed E-state index contributed by atoms with van der Waals surface area (Å²) in [5.74, 6) is 0.959. The SMILES string of the molecule is CC(C)c1ccc(Nc2nnc(SCC(=O)N(C)Cc3cccs3)s2)cc1. The highest BCUT2D eigenvalue weighted by Gasteiger charge is 2.13. The Balaban J connectivity index is 1.49. The van der Waals surface area contributed by atoms with Gasteiger partial charge in [0.1, 0.15) is 0 Å². The molecule has 0 bridgehead atoms. The van der Waals surface area contributed by atoms with Gasteiger partial charge in [-0.25, -0.2) is 0 Å². The van der Waals surface area contributed by atoms with Crippen LogP contribution in [0.15, 0.2) is 46.1 Å². The van der Waals surface area contributed by atoms with Gasteiger partial charge in [-0.3, -0.25) is 4.79 Å². The maximum absolute atomic E-state index is 12.3. The molecule has 0 spiro atoms. The van der Waals surface area contributed by atoms with Gasteiger partial charge in [0.05, 0.1) is 12.3 Å². The summed E-state index contributed by atoms with van der Waals surface area (Å²) in [5, 5.41) is 14.4. The number of nitrogens with one attached hydrogen (secondary N) is 1. The lowest BCUT2D eigenvalue weighted by Crippen LogP contribution is -2.27. The molecule has 1 amide bonds. The van der Waals surface area contributed by atoms with E-state index in [1.807, 2.05) is 36.7 Å². The van der Waals surface area contributed by atoms with E-state index in [0.29, 0.717) is 18.2 Å². The quantitative estimate of drug-likeness (QED) is 0.508. The van der Waals surface area contributed by atoms with Crippen LogP contribution in [0.2, 0.25) is 0 Å². The van der Waals surface area contributed by atoms with Crippen molar-refractivity contribution in [1.29, 1.82) is 0 Å². The van der Waals surface area contributed by atoms with E-state index in [1.54, 1.807) is 16.2 Å². The average Bonchev–Trinajstić information content (AvgIpc) is 3.32. The van der Waals surface area contributed by atoms with Crippen LogP contribution in [0.4, 0.5) is 10.8 Å². The van der Waals surface area contributed by atoms with Crippen molar-refractivity contribution in [2.45, 2.75) is 30.6 Å². The molecule has 0 aliphatic carbocycles. The number of carbonyl (C=O) groups is 1. The van der Waals surface area contributed by atoms with Gasteiger partial charge >= 0.3 is 0 Å². The third-order valence-electron chi connectivity index (χ3n) is 3.95. The van der Waals surface area contributed by atoms with E-state index in [1.165, 1.54) is 33.5 Å². The van der Waals surface area contributed by atoms with Crippen molar-refractivity contribution in [3.05, 3.63) is 52.2 Å². The van der Waals surface area contributed by atoms with Gasteiger partial charge in [-0.15, -0.1) is 21.5 Å². The van der Waals surface area contributed by atoms with Crippen molar-refractivity contribution in [3.63, 3.8) is 0 Å². The third kappa shape index (κ3) is 5.79. The molecule has 5 nitrogen and oxygen atoms in total. The van der Waals surface area contributed by atoms with Crippen molar-refractivity contribution < 1.29 is 4.79 Å². The third-order valence-corrected chi connectivity index (χ3v) is 6.77. The predicted molar refractivity (Wildman–Crippen MR) is 115 cm³/mol. The van der Waals surface area contributed by atoms with E-state index < -0.39 is 0 Å². The number of hydrogen-bond donors (Lipinski definition) is 1. The summed E-state index contributed by atoms with van der Waals surface area (Å²) < 4.78 is 0.786. The molecule has 8 heteroatoms. The van der Waals surface area contributed by atoms with Crippen molar-refractivity contribution in [2.75, 3.05) is 18.1 Å². The first-order chi connectivity index (χ1) is 13.0. The van der Waals surface area contributed by atoms with Crippen LogP contribution in [0.25, 0.3) is 0 Å². The molecular formula is C19H22N4OS3. The molecule has 2 heterocycles. The zero-order valence-electron chi connectivity index (χ0n) is 15.5. The lowest BCUT2D eigenvalue weighted by Gasteiger charge is -2.15. The smallest absolute Gasteiger partial charge is 0.233 e. The summed E-state index contributed by atoms with van der Waals surface area (Å²) >= 11 is 4.54. The fourth-order valence-corrected chi connectivity index (χ4v) is 4.82. The summed E-state index contributed by atoms with van der Waals surface area (Å²) in [6.07, 6.45) is 0. The predicted octanol–water partition coefficient (Wildman–Crippen LogP) is 5.22. The number of anilines is 2. The number of amides is 1. The molecule has 0 saturated heterocycles. The Bertz CT molecular complexity index is 859. The highest BCUT2D eigenvalue weighted by molar-refractivity contribution is 8.01. The van der Waals surface area contributed by atoms with Crippen molar-refractivity contribution in [1.82, 2.24) is 15.1 Å². The average molecular weight is 419 g/mol. The van der Waals surface area contributed by atoms with Crippen molar-refractivity contribution >= 4 is 51.2 Å². The standard InChI is InChI=1S/C19H22N4OS3/c1-13(2)14-6-8-15(9-7-14)20-18-21-22-19(27-18)26-12-17(24)23(3)11-16-5-4-10-25-16/h4-10,13H,11-12H2,1-3H3,(H,20,21). The Morgan fingerprint density at radius 2 is 2.00 bits per heavy atom. The highest BCUT2D eigenvalue weighted by Crippen LogP contribution is 2.28. The van der Waals surface area contributed by atoms with E-state index in [9.17, 15) is 4.79 Å². The van der Waals surface area contributed by atoms with Crippen LogP contribution in [0, 0.1) is 0 Å². The van der Waals surface area contributed by atoms with E-state index in [-0.39, 0.29) is 5.91 Å². The maximum atomic E-state index is 12.3. The molecule has 0 fully saturated rings. The van der Waals surface area contributed by atoms with Gasteiger partial charge in [0.15, 0.2) is 4.34 Å². The molecule has 1 N–H and O–H groups in total. The summed E-state index contributed by atoms with van der Waals surface area (Å²) in [7, 11) is 1.83. The second-order valence-electron chi connectivity index (χ2n) is 6.39. The van der Waals surface area contributed by atoms with Crippen LogP contribution >= 0.6 is 34.4 Å². The maximum Gasteiger partial charge on any atom is 0.233 e. The molecule has 0 aliphatic heterocycles. The van der Waals surface area contributed by atoms with Crippen LogP contribution in [-0.2, 0) is 11.3 Å². The Hall–Kier alpha value is -1.90. The van der Waals surface area contributed by atoms with Gasteiger partial charge in [0, 0.05) is 17.6 Å². The molecule has 0 aliphatic rings. The van der Waals surface area contributed by atoms with Crippen molar-refractivity contribution in [2.24, 2.45) is 0 Å². The summed E-state index contributed by atoms with van der Waals surface area (Å²) in [5.41, 5.74) is 2.29. The number of thioether (sulfide) groups is 1. The van der Waals surface area contributed by atoms with Crippen LogP contribution in [0.3, 0.4) is 0 Å². The van der Waals surface area contributed by atoms with Crippen LogP contribution < -0.4 is 5.32 Å². The molecule has 27 heavy (non-hydrogen) atoms. The molecule has 3 rings (SSSR count). The topological polar surface area (TPSA) is 58.1 Å². The number of nitrogens with zero attached hydrogens (tertiary/aromatic N) is 3. The minimum atomic E-state index is 0.0855. The fraction of sp³-hybridized carbons (Fsp3) is 0.316. The second-order valence-corrected chi connectivity index (χ2v) is 9.62. The monoisotopic (exact) mass is 418 g/mol. The molecule has 2 aromatic heterocycles. The molecule has 0 unspecified atom stereocenters. The molecule has 142 valence electrons. The van der Waals surface area contributed by atoms with Gasteiger partial charge in [-0.05, 0) is 35.1 Å². The van der Waals surface area contributed by atoms with Crippen LogP contribution in [0.5, 0.6) is 0 Å². The summed E-state index contributed by atoms with van der Waals surface area (Å²) in [4.78, 5) is 15.2. The Labute approximate surface area is 171 Å². The summed E-state index contributed by atoms with van der Waals surface area (Å²) in [6.45, 7) is 5.00. The lowest BCUT2D eigenvalue weighted by molar-refractivity contribution is -0.127. The lowest BCUT2D eigenvalue weighted by atomic mass is 10.0. The second kappa shape index (κ2) is 9.34. The number of hydrogen-bond acceptors (Lipinski definition) is 7. The molecular weight excluding hydrogens is 396 g/mol.